The summed E-state index contributed by atoms with van der Waals surface area (Å²) in [4.78, 5) is 35.2. The van der Waals surface area contributed by atoms with Gasteiger partial charge in [0.15, 0.2) is 6.61 Å². The van der Waals surface area contributed by atoms with Gasteiger partial charge in [-0.15, -0.1) is 0 Å². The zero-order valence-corrected chi connectivity index (χ0v) is 14.7. The Morgan fingerprint density at radius 1 is 0.852 bits per heavy atom. The molecule has 0 fully saturated rings. The van der Waals surface area contributed by atoms with Crippen LogP contribution in [0.25, 0.3) is 10.8 Å². The maximum atomic E-state index is 12.1. The van der Waals surface area contributed by atoms with E-state index in [0.717, 1.165) is 10.8 Å². The van der Waals surface area contributed by atoms with Gasteiger partial charge in [-0.2, -0.15) is 0 Å². The molecule has 0 bridgehead atoms. The standard InChI is InChI=1S/C21H18N2O4/c1-14(24)22-17-11-9-16(10-12-17)21(26)27-13-20(25)23-19-8-4-6-15-5-2-3-7-18(15)19/h2-12H,13H2,1H3,(H,22,24)(H,23,25). The number of carbonyl (C=O) groups is 3. The Labute approximate surface area is 156 Å². The van der Waals surface area contributed by atoms with E-state index < -0.39 is 18.5 Å². The van der Waals surface area contributed by atoms with Crippen LogP contribution in [0.5, 0.6) is 0 Å². The summed E-state index contributed by atoms with van der Waals surface area (Å²) in [6.07, 6.45) is 0. The molecule has 0 heterocycles. The number of rotatable bonds is 5. The molecule has 3 rings (SSSR count). The van der Waals surface area contributed by atoms with Gasteiger partial charge in [0.2, 0.25) is 5.91 Å². The third kappa shape index (κ3) is 4.70. The third-order valence-electron chi connectivity index (χ3n) is 3.84. The van der Waals surface area contributed by atoms with Crippen molar-refractivity contribution in [2.75, 3.05) is 17.2 Å². The second-order valence-electron chi connectivity index (χ2n) is 5.91. The van der Waals surface area contributed by atoms with Crippen LogP contribution in [-0.4, -0.2) is 24.4 Å². The molecule has 6 nitrogen and oxygen atoms in total. The Bertz CT molecular complexity index is 991. The Hall–Kier alpha value is -3.67. The summed E-state index contributed by atoms with van der Waals surface area (Å²) in [5.41, 5.74) is 1.53. The first-order valence-electron chi connectivity index (χ1n) is 8.35. The molecule has 0 aliphatic carbocycles. The van der Waals surface area contributed by atoms with Gasteiger partial charge < -0.3 is 15.4 Å². The summed E-state index contributed by atoms with van der Waals surface area (Å²) >= 11 is 0. The third-order valence-corrected chi connectivity index (χ3v) is 3.84. The molecule has 0 radical (unpaired) electrons. The Kier molecular flexibility index (Phi) is 5.47. The average Bonchev–Trinajstić information content (AvgIpc) is 2.66. The number of amides is 2. The van der Waals surface area contributed by atoms with Gasteiger partial charge in [-0.05, 0) is 35.7 Å². The average molecular weight is 362 g/mol. The number of benzene rings is 3. The predicted molar refractivity (Wildman–Crippen MR) is 104 cm³/mol. The van der Waals surface area contributed by atoms with Crippen molar-refractivity contribution < 1.29 is 19.1 Å². The number of ether oxygens (including phenoxy) is 1. The number of fused-ring (bicyclic) bond motifs is 1. The van der Waals surface area contributed by atoms with Gasteiger partial charge in [0.25, 0.3) is 5.91 Å². The normalized spacial score (nSPS) is 10.3. The first-order chi connectivity index (χ1) is 13.0. The largest absolute Gasteiger partial charge is 0.452 e. The van der Waals surface area contributed by atoms with Crippen molar-refractivity contribution in [2.24, 2.45) is 0 Å². The highest BCUT2D eigenvalue weighted by atomic mass is 16.5. The fraction of sp³-hybridized carbons (Fsp3) is 0.0952. The summed E-state index contributed by atoms with van der Waals surface area (Å²) in [5.74, 6) is -1.23. The molecule has 0 saturated carbocycles. The lowest BCUT2D eigenvalue weighted by atomic mass is 10.1. The Balaban J connectivity index is 1.58. The van der Waals surface area contributed by atoms with Gasteiger partial charge in [-0.25, -0.2) is 4.79 Å². The highest BCUT2D eigenvalue weighted by Crippen LogP contribution is 2.22. The lowest BCUT2D eigenvalue weighted by molar-refractivity contribution is -0.119. The van der Waals surface area contributed by atoms with E-state index in [2.05, 4.69) is 10.6 Å². The smallest absolute Gasteiger partial charge is 0.338 e. The molecule has 6 heteroatoms. The molecule has 0 aromatic heterocycles. The van der Waals surface area contributed by atoms with Crippen molar-refractivity contribution in [2.45, 2.75) is 6.92 Å². The minimum absolute atomic E-state index is 0.199. The van der Waals surface area contributed by atoms with Crippen LogP contribution in [0.4, 0.5) is 11.4 Å². The molecular formula is C21H18N2O4. The molecule has 0 aliphatic heterocycles. The fourth-order valence-electron chi connectivity index (χ4n) is 2.63. The first kappa shape index (κ1) is 18.1. The van der Waals surface area contributed by atoms with Crippen molar-refractivity contribution in [3.63, 3.8) is 0 Å². The van der Waals surface area contributed by atoms with Gasteiger partial charge in [-0.1, -0.05) is 36.4 Å². The van der Waals surface area contributed by atoms with Crippen molar-refractivity contribution in [3.05, 3.63) is 72.3 Å². The zero-order chi connectivity index (χ0) is 19.2. The van der Waals surface area contributed by atoms with Gasteiger partial charge in [-0.3, -0.25) is 9.59 Å². The fourth-order valence-corrected chi connectivity index (χ4v) is 2.63. The molecule has 0 unspecified atom stereocenters. The SMILES string of the molecule is CC(=O)Nc1ccc(C(=O)OCC(=O)Nc2cccc3ccccc23)cc1. The molecular weight excluding hydrogens is 344 g/mol. The van der Waals surface area contributed by atoms with E-state index >= 15 is 0 Å². The van der Waals surface area contributed by atoms with E-state index in [1.165, 1.54) is 19.1 Å². The van der Waals surface area contributed by atoms with Crippen molar-refractivity contribution >= 4 is 39.9 Å². The molecule has 0 spiro atoms. The summed E-state index contributed by atoms with van der Waals surface area (Å²) in [6.45, 7) is 1.01. The van der Waals surface area contributed by atoms with E-state index in [-0.39, 0.29) is 5.91 Å². The Morgan fingerprint density at radius 3 is 2.30 bits per heavy atom. The molecule has 0 aliphatic rings. The molecule has 3 aromatic carbocycles. The van der Waals surface area contributed by atoms with Gasteiger partial charge in [0.1, 0.15) is 0 Å². The van der Waals surface area contributed by atoms with Crippen molar-refractivity contribution in [1.82, 2.24) is 0 Å². The monoisotopic (exact) mass is 362 g/mol. The summed E-state index contributed by atoms with van der Waals surface area (Å²) < 4.78 is 5.06. The minimum Gasteiger partial charge on any atom is -0.452 e. The van der Waals surface area contributed by atoms with Gasteiger partial charge in [0.05, 0.1) is 5.56 Å². The van der Waals surface area contributed by atoms with Crippen LogP contribution in [0.15, 0.2) is 66.7 Å². The quantitative estimate of drug-likeness (QED) is 0.679. The van der Waals surface area contributed by atoms with Crippen LogP contribution in [0.1, 0.15) is 17.3 Å². The molecule has 3 aromatic rings. The lowest BCUT2D eigenvalue weighted by Gasteiger charge is -2.09. The number of hydrogen-bond donors (Lipinski definition) is 2. The number of nitrogens with one attached hydrogen (secondary N) is 2. The van der Waals surface area contributed by atoms with Crippen LogP contribution in [0, 0.1) is 0 Å². The summed E-state index contributed by atoms with van der Waals surface area (Å²) in [6, 6.07) is 19.5. The number of esters is 1. The summed E-state index contributed by atoms with van der Waals surface area (Å²) in [5, 5.41) is 7.28. The highest BCUT2D eigenvalue weighted by Gasteiger charge is 2.11. The van der Waals surface area contributed by atoms with Crippen LogP contribution >= 0.6 is 0 Å². The van der Waals surface area contributed by atoms with Crippen LogP contribution in [0.2, 0.25) is 0 Å². The Morgan fingerprint density at radius 2 is 1.56 bits per heavy atom. The van der Waals surface area contributed by atoms with Crippen LogP contribution < -0.4 is 10.6 Å². The van der Waals surface area contributed by atoms with Crippen molar-refractivity contribution in [3.8, 4) is 0 Å². The minimum atomic E-state index is -0.613. The van der Waals surface area contributed by atoms with E-state index in [4.69, 9.17) is 4.74 Å². The number of anilines is 2. The van der Waals surface area contributed by atoms with Crippen LogP contribution in [-0.2, 0) is 14.3 Å². The summed E-state index contributed by atoms with van der Waals surface area (Å²) in [7, 11) is 0. The maximum Gasteiger partial charge on any atom is 0.338 e. The van der Waals surface area contributed by atoms with E-state index in [1.54, 1.807) is 18.2 Å². The topological polar surface area (TPSA) is 84.5 Å². The highest BCUT2D eigenvalue weighted by molar-refractivity contribution is 6.03. The molecule has 0 atom stereocenters. The zero-order valence-electron chi connectivity index (χ0n) is 14.7. The maximum absolute atomic E-state index is 12.1. The van der Waals surface area contributed by atoms with E-state index in [9.17, 15) is 14.4 Å². The number of hydrogen-bond acceptors (Lipinski definition) is 4. The number of carbonyl (C=O) groups excluding carboxylic acids is 3. The van der Waals surface area contributed by atoms with Crippen molar-refractivity contribution in [1.29, 1.82) is 0 Å². The predicted octanol–water partition coefficient (Wildman–Crippen LogP) is 3.59. The van der Waals surface area contributed by atoms with Crippen LogP contribution in [0.3, 0.4) is 0 Å². The van der Waals surface area contributed by atoms with E-state index in [0.29, 0.717) is 16.9 Å². The van der Waals surface area contributed by atoms with E-state index in [1.807, 2.05) is 36.4 Å². The molecule has 2 N–H and O–H groups in total. The lowest BCUT2D eigenvalue weighted by Crippen LogP contribution is -2.21. The van der Waals surface area contributed by atoms with Gasteiger partial charge >= 0.3 is 5.97 Å². The first-order valence-corrected chi connectivity index (χ1v) is 8.35. The second kappa shape index (κ2) is 8.14. The molecule has 27 heavy (non-hydrogen) atoms. The second-order valence-corrected chi connectivity index (χ2v) is 5.91. The molecule has 2 amide bonds. The van der Waals surface area contributed by atoms with Gasteiger partial charge in [0, 0.05) is 23.7 Å². The molecule has 136 valence electrons. The molecule has 0 saturated heterocycles.